The maximum absolute atomic E-state index is 11.8. The van der Waals surface area contributed by atoms with E-state index in [-0.39, 0.29) is 17.5 Å². The van der Waals surface area contributed by atoms with E-state index < -0.39 is 17.8 Å². The van der Waals surface area contributed by atoms with Crippen molar-refractivity contribution in [1.29, 1.82) is 0 Å². The predicted octanol–water partition coefficient (Wildman–Crippen LogP) is 1.74. The second-order valence-corrected chi connectivity index (χ2v) is 4.94. The molecule has 0 aromatic carbocycles. The maximum atomic E-state index is 11.8. The lowest BCUT2D eigenvalue weighted by Gasteiger charge is -2.31. The lowest BCUT2D eigenvalue weighted by atomic mass is 9.93. The van der Waals surface area contributed by atoms with Crippen LogP contribution < -0.4 is 0 Å². The zero-order valence-corrected chi connectivity index (χ0v) is 11.6. The lowest BCUT2D eigenvalue weighted by Crippen LogP contribution is -2.47. The van der Waals surface area contributed by atoms with Gasteiger partial charge in [-0.1, -0.05) is 20.8 Å². The molecule has 3 atom stereocenters. The van der Waals surface area contributed by atoms with Gasteiger partial charge in [0.25, 0.3) is 0 Å². The lowest BCUT2D eigenvalue weighted by molar-refractivity contribution is -0.163. The molecule has 0 aliphatic carbocycles. The average Bonchev–Trinajstić information content (AvgIpc) is 2.26. The summed E-state index contributed by atoms with van der Waals surface area (Å²) in [6, 6.07) is 0. The quantitative estimate of drug-likeness (QED) is 0.741. The third-order valence-electron chi connectivity index (χ3n) is 2.98. The highest BCUT2D eigenvalue weighted by Gasteiger charge is 2.37. The molecule has 0 aromatic rings. The number of Topliss-reactive ketones (excluding diaryl/α,β-unsaturated/α-hetero) is 2. The number of ketones is 2. The Morgan fingerprint density at radius 2 is 1.71 bits per heavy atom. The molecule has 100 valence electrons. The first-order valence-corrected chi connectivity index (χ1v) is 6.09. The summed E-state index contributed by atoms with van der Waals surface area (Å²) in [5.41, 5.74) is -1.10. The molecule has 0 fully saturated rings. The molecule has 0 heterocycles. The van der Waals surface area contributed by atoms with Crippen LogP contribution >= 0.6 is 0 Å². The molecule has 17 heavy (non-hydrogen) atoms. The SMILES string of the molecule is CCC(C)(OC(C)C(=O)C(C)C)C(=O)C(C)O. The molecule has 1 N–H and O–H groups in total. The third kappa shape index (κ3) is 4.21. The highest BCUT2D eigenvalue weighted by atomic mass is 16.5. The number of aliphatic hydroxyl groups excluding tert-OH is 1. The Labute approximate surface area is 103 Å². The Kier molecular flexibility index (Phi) is 5.99. The summed E-state index contributed by atoms with van der Waals surface area (Å²) < 4.78 is 5.57. The number of carbonyl (C=O) groups is 2. The highest BCUT2D eigenvalue weighted by molar-refractivity contribution is 5.91. The smallest absolute Gasteiger partial charge is 0.192 e. The molecule has 0 amide bonds. The fourth-order valence-corrected chi connectivity index (χ4v) is 1.68. The Balaban J connectivity index is 4.81. The van der Waals surface area contributed by atoms with Crippen molar-refractivity contribution >= 4 is 11.6 Å². The van der Waals surface area contributed by atoms with Gasteiger partial charge >= 0.3 is 0 Å². The summed E-state index contributed by atoms with van der Waals surface area (Å²) >= 11 is 0. The highest BCUT2D eigenvalue weighted by Crippen LogP contribution is 2.22. The first kappa shape index (κ1) is 16.3. The van der Waals surface area contributed by atoms with Gasteiger partial charge in [-0.25, -0.2) is 0 Å². The van der Waals surface area contributed by atoms with Gasteiger partial charge in [0, 0.05) is 5.92 Å². The molecule has 0 spiro atoms. The van der Waals surface area contributed by atoms with Crippen molar-refractivity contribution in [1.82, 2.24) is 0 Å². The van der Waals surface area contributed by atoms with Crippen LogP contribution in [-0.2, 0) is 14.3 Å². The van der Waals surface area contributed by atoms with E-state index in [4.69, 9.17) is 4.74 Å². The van der Waals surface area contributed by atoms with Crippen molar-refractivity contribution < 1.29 is 19.4 Å². The predicted molar refractivity (Wildman–Crippen MR) is 65.8 cm³/mol. The van der Waals surface area contributed by atoms with Crippen LogP contribution in [0.3, 0.4) is 0 Å². The van der Waals surface area contributed by atoms with Crippen molar-refractivity contribution in [2.75, 3.05) is 0 Å². The molecule has 0 aromatic heterocycles. The first-order valence-electron chi connectivity index (χ1n) is 6.09. The topological polar surface area (TPSA) is 63.6 Å². The van der Waals surface area contributed by atoms with Crippen LogP contribution in [0.5, 0.6) is 0 Å². The summed E-state index contributed by atoms with van der Waals surface area (Å²) in [6.07, 6.45) is -1.30. The monoisotopic (exact) mass is 244 g/mol. The van der Waals surface area contributed by atoms with Crippen LogP contribution in [0.15, 0.2) is 0 Å². The van der Waals surface area contributed by atoms with Crippen molar-refractivity contribution in [2.24, 2.45) is 5.92 Å². The van der Waals surface area contributed by atoms with Gasteiger partial charge in [-0.2, -0.15) is 0 Å². The van der Waals surface area contributed by atoms with Crippen LogP contribution in [0.4, 0.5) is 0 Å². The minimum atomic E-state index is -1.10. The Hall–Kier alpha value is -0.740. The van der Waals surface area contributed by atoms with Gasteiger partial charge < -0.3 is 9.84 Å². The molecule has 0 aliphatic heterocycles. The molecule has 0 radical (unpaired) electrons. The summed E-state index contributed by atoms with van der Waals surface area (Å²) in [7, 11) is 0. The second kappa shape index (κ2) is 6.26. The van der Waals surface area contributed by atoms with E-state index >= 15 is 0 Å². The van der Waals surface area contributed by atoms with Gasteiger partial charge in [-0.3, -0.25) is 9.59 Å². The van der Waals surface area contributed by atoms with Crippen molar-refractivity contribution in [3.63, 3.8) is 0 Å². The number of carbonyl (C=O) groups excluding carboxylic acids is 2. The van der Waals surface area contributed by atoms with Gasteiger partial charge in [0.15, 0.2) is 11.6 Å². The Morgan fingerprint density at radius 3 is 2.00 bits per heavy atom. The molecule has 0 aliphatic rings. The number of aliphatic hydroxyl groups is 1. The fourth-order valence-electron chi connectivity index (χ4n) is 1.68. The van der Waals surface area contributed by atoms with Gasteiger partial charge in [0.05, 0.1) is 0 Å². The molecule has 0 saturated heterocycles. The van der Waals surface area contributed by atoms with Crippen molar-refractivity contribution in [2.45, 2.75) is 65.8 Å². The third-order valence-corrected chi connectivity index (χ3v) is 2.98. The normalized spacial score (nSPS) is 18.6. The number of hydrogen-bond donors (Lipinski definition) is 1. The average molecular weight is 244 g/mol. The van der Waals surface area contributed by atoms with E-state index in [0.29, 0.717) is 6.42 Å². The van der Waals surface area contributed by atoms with E-state index in [2.05, 4.69) is 0 Å². The van der Waals surface area contributed by atoms with Crippen molar-refractivity contribution in [3.05, 3.63) is 0 Å². The fraction of sp³-hybridized carbons (Fsp3) is 0.846. The number of ether oxygens (including phenoxy) is 1. The molecule has 0 bridgehead atoms. The minimum Gasteiger partial charge on any atom is -0.385 e. The summed E-state index contributed by atoms with van der Waals surface area (Å²) in [5.74, 6) is -0.556. The van der Waals surface area contributed by atoms with E-state index in [1.165, 1.54) is 6.92 Å². The van der Waals surface area contributed by atoms with E-state index in [9.17, 15) is 14.7 Å². The Bertz CT molecular complexity index is 283. The summed E-state index contributed by atoms with van der Waals surface area (Å²) in [4.78, 5) is 23.6. The molecule has 4 nitrogen and oxygen atoms in total. The van der Waals surface area contributed by atoms with E-state index in [1.54, 1.807) is 34.6 Å². The van der Waals surface area contributed by atoms with E-state index in [0.717, 1.165) is 0 Å². The zero-order valence-electron chi connectivity index (χ0n) is 11.6. The number of rotatable bonds is 7. The largest absolute Gasteiger partial charge is 0.385 e. The summed E-state index contributed by atoms with van der Waals surface area (Å²) in [6.45, 7) is 10.1. The van der Waals surface area contributed by atoms with Crippen LogP contribution in [0.2, 0.25) is 0 Å². The van der Waals surface area contributed by atoms with Gasteiger partial charge in [0.2, 0.25) is 0 Å². The van der Waals surface area contributed by atoms with Gasteiger partial charge in [-0.05, 0) is 27.2 Å². The van der Waals surface area contributed by atoms with Crippen LogP contribution in [0.25, 0.3) is 0 Å². The minimum absolute atomic E-state index is 0.0388. The summed E-state index contributed by atoms with van der Waals surface area (Å²) in [5, 5.41) is 9.33. The van der Waals surface area contributed by atoms with Crippen LogP contribution in [0, 0.1) is 5.92 Å². The zero-order chi connectivity index (χ0) is 13.8. The molecule has 3 unspecified atom stereocenters. The molecule has 0 saturated carbocycles. The molecular formula is C13H24O4. The molecular weight excluding hydrogens is 220 g/mol. The molecule has 4 heteroatoms. The van der Waals surface area contributed by atoms with Crippen molar-refractivity contribution in [3.8, 4) is 0 Å². The maximum Gasteiger partial charge on any atom is 0.192 e. The van der Waals surface area contributed by atoms with Crippen LogP contribution in [0.1, 0.15) is 48.0 Å². The van der Waals surface area contributed by atoms with E-state index in [1.807, 2.05) is 0 Å². The first-order chi connectivity index (χ1) is 7.65. The Morgan fingerprint density at radius 1 is 1.24 bits per heavy atom. The standard InChI is InChI=1S/C13H24O4/c1-7-13(6,12(16)9(4)14)17-10(5)11(15)8(2)3/h8-10,14H,7H2,1-6H3. The second-order valence-electron chi connectivity index (χ2n) is 4.94. The number of hydrogen-bond acceptors (Lipinski definition) is 4. The molecule has 0 rings (SSSR count). The van der Waals surface area contributed by atoms with Gasteiger partial charge in [0.1, 0.15) is 17.8 Å². The van der Waals surface area contributed by atoms with Crippen LogP contribution in [-0.4, -0.2) is 34.5 Å². The van der Waals surface area contributed by atoms with Gasteiger partial charge in [-0.15, -0.1) is 0 Å².